The van der Waals surface area contributed by atoms with E-state index in [9.17, 15) is 13.2 Å². The van der Waals surface area contributed by atoms with Crippen LogP contribution in [-0.2, 0) is 14.8 Å². The number of aromatic nitrogens is 3. The minimum Gasteiger partial charge on any atom is -0.491 e. The molecule has 4 aromatic rings. The van der Waals surface area contributed by atoms with Gasteiger partial charge in [-0.3, -0.25) is 13.9 Å². The molecule has 0 radical (unpaired) electrons. The molecular formula is C23H23N5O4S. The van der Waals surface area contributed by atoms with E-state index in [-0.39, 0.29) is 6.10 Å². The highest BCUT2D eigenvalue weighted by Crippen LogP contribution is 2.21. The molecular weight excluding hydrogens is 442 g/mol. The number of carbonyl (C=O) groups excluding carboxylic acids is 1. The zero-order chi connectivity index (χ0) is 23.4. The molecule has 2 aromatic carbocycles. The van der Waals surface area contributed by atoms with E-state index in [1.54, 1.807) is 54.7 Å². The Morgan fingerprint density at radius 1 is 1.06 bits per heavy atom. The number of imidazole rings is 1. The molecule has 1 amide bonds. The predicted octanol–water partition coefficient (Wildman–Crippen LogP) is 3.56. The summed E-state index contributed by atoms with van der Waals surface area (Å²) in [6.07, 6.45) is 5.40. The van der Waals surface area contributed by atoms with Gasteiger partial charge in [0.25, 0.3) is 0 Å². The first-order valence-electron chi connectivity index (χ1n) is 10.2. The SMILES string of the molecule is CC(C)Oc1ccc(NS(=O)(=O)CC(=O)Nc2ccc(-c3cn4cccnc4n3)cc2)cc1. The van der Waals surface area contributed by atoms with E-state index in [1.165, 1.54) is 0 Å². The van der Waals surface area contributed by atoms with Crippen LogP contribution in [0.4, 0.5) is 11.4 Å². The number of fused-ring (bicyclic) bond motifs is 1. The van der Waals surface area contributed by atoms with Gasteiger partial charge in [0.2, 0.25) is 21.7 Å². The predicted molar refractivity (Wildman–Crippen MR) is 127 cm³/mol. The highest BCUT2D eigenvalue weighted by Gasteiger charge is 2.17. The Morgan fingerprint density at radius 3 is 2.42 bits per heavy atom. The van der Waals surface area contributed by atoms with Crippen molar-refractivity contribution in [2.24, 2.45) is 0 Å². The maximum atomic E-state index is 12.4. The van der Waals surface area contributed by atoms with Crippen molar-refractivity contribution in [3.63, 3.8) is 0 Å². The van der Waals surface area contributed by atoms with E-state index in [2.05, 4.69) is 20.0 Å². The van der Waals surface area contributed by atoms with Crippen molar-refractivity contribution in [2.75, 3.05) is 15.8 Å². The van der Waals surface area contributed by atoms with Gasteiger partial charge in [-0.05, 0) is 56.3 Å². The minimum absolute atomic E-state index is 0.0155. The molecule has 2 heterocycles. The molecule has 0 unspecified atom stereocenters. The van der Waals surface area contributed by atoms with Gasteiger partial charge in [-0.15, -0.1) is 0 Å². The number of hydrogen-bond acceptors (Lipinski definition) is 6. The van der Waals surface area contributed by atoms with Crippen LogP contribution in [0.15, 0.2) is 73.2 Å². The van der Waals surface area contributed by atoms with E-state index in [4.69, 9.17) is 4.74 Å². The van der Waals surface area contributed by atoms with Crippen molar-refractivity contribution in [3.8, 4) is 17.0 Å². The zero-order valence-electron chi connectivity index (χ0n) is 18.1. The van der Waals surface area contributed by atoms with Crippen LogP contribution in [0, 0.1) is 0 Å². The fraction of sp³-hybridized carbons (Fsp3) is 0.174. The summed E-state index contributed by atoms with van der Waals surface area (Å²) in [6, 6.07) is 15.3. The van der Waals surface area contributed by atoms with Crippen LogP contribution in [0.1, 0.15) is 13.8 Å². The number of nitrogens with zero attached hydrogens (tertiary/aromatic N) is 3. The van der Waals surface area contributed by atoms with Gasteiger partial charge in [0.05, 0.1) is 11.8 Å². The summed E-state index contributed by atoms with van der Waals surface area (Å²) in [5.74, 6) is -0.137. The Bertz CT molecular complexity index is 1330. The number of amides is 1. The molecule has 9 nitrogen and oxygen atoms in total. The normalized spacial score (nSPS) is 11.5. The highest BCUT2D eigenvalue weighted by molar-refractivity contribution is 7.93. The Kier molecular flexibility index (Phi) is 6.27. The van der Waals surface area contributed by atoms with Crippen LogP contribution in [0.25, 0.3) is 17.0 Å². The highest BCUT2D eigenvalue weighted by atomic mass is 32.2. The summed E-state index contributed by atoms with van der Waals surface area (Å²) >= 11 is 0. The van der Waals surface area contributed by atoms with Gasteiger partial charge in [-0.1, -0.05) is 12.1 Å². The fourth-order valence-electron chi connectivity index (χ4n) is 3.15. The van der Waals surface area contributed by atoms with Crippen molar-refractivity contribution < 1.29 is 17.9 Å². The first kappa shape index (κ1) is 22.3. The summed E-state index contributed by atoms with van der Waals surface area (Å²) in [4.78, 5) is 20.9. The van der Waals surface area contributed by atoms with Crippen LogP contribution >= 0.6 is 0 Å². The molecule has 0 saturated carbocycles. The lowest BCUT2D eigenvalue weighted by atomic mass is 10.1. The molecule has 0 spiro atoms. The number of ether oxygens (including phenoxy) is 1. The first-order valence-corrected chi connectivity index (χ1v) is 11.9. The van der Waals surface area contributed by atoms with Crippen molar-refractivity contribution in [1.29, 1.82) is 0 Å². The van der Waals surface area contributed by atoms with Gasteiger partial charge in [0, 0.05) is 35.5 Å². The number of rotatable bonds is 8. The molecule has 2 aromatic heterocycles. The van der Waals surface area contributed by atoms with Crippen molar-refractivity contribution in [3.05, 3.63) is 73.2 Å². The number of hydrogen-bond donors (Lipinski definition) is 2. The lowest BCUT2D eigenvalue weighted by Crippen LogP contribution is -2.27. The maximum absolute atomic E-state index is 12.4. The number of anilines is 2. The summed E-state index contributed by atoms with van der Waals surface area (Å²) in [7, 11) is -3.88. The largest absolute Gasteiger partial charge is 0.491 e. The standard InChI is InChI=1S/C23H23N5O4S/c1-16(2)32-20-10-8-19(9-11-20)27-33(30,31)15-22(29)25-18-6-4-17(5-7-18)21-14-28-13-3-12-24-23(28)26-21/h3-14,16,27H,15H2,1-2H3,(H,25,29). The molecule has 10 heteroatoms. The molecule has 0 aliphatic heterocycles. The van der Waals surface area contributed by atoms with Crippen LogP contribution in [0.2, 0.25) is 0 Å². The molecule has 33 heavy (non-hydrogen) atoms. The third-order valence-electron chi connectivity index (χ3n) is 4.52. The van der Waals surface area contributed by atoms with E-state index in [1.807, 2.05) is 36.7 Å². The summed E-state index contributed by atoms with van der Waals surface area (Å²) in [5.41, 5.74) is 2.42. The Morgan fingerprint density at radius 2 is 1.76 bits per heavy atom. The second-order valence-electron chi connectivity index (χ2n) is 7.63. The van der Waals surface area contributed by atoms with Crippen LogP contribution in [0.3, 0.4) is 0 Å². The Labute approximate surface area is 191 Å². The number of carbonyl (C=O) groups is 1. The molecule has 0 fully saturated rings. The third kappa shape index (κ3) is 5.86. The van der Waals surface area contributed by atoms with Gasteiger partial charge in [0.1, 0.15) is 11.5 Å². The van der Waals surface area contributed by atoms with Gasteiger partial charge >= 0.3 is 0 Å². The summed E-state index contributed by atoms with van der Waals surface area (Å²) in [5, 5.41) is 2.60. The lowest BCUT2D eigenvalue weighted by Gasteiger charge is -2.11. The van der Waals surface area contributed by atoms with Crippen molar-refractivity contribution >= 4 is 33.1 Å². The lowest BCUT2D eigenvalue weighted by molar-refractivity contribution is -0.113. The number of sulfonamides is 1. The van der Waals surface area contributed by atoms with E-state index >= 15 is 0 Å². The van der Waals surface area contributed by atoms with Crippen molar-refractivity contribution in [2.45, 2.75) is 20.0 Å². The molecule has 0 bridgehead atoms. The summed E-state index contributed by atoms with van der Waals surface area (Å²) in [6.45, 7) is 3.81. The zero-order valence-corrected chi connectivity index (χ0v) is 18.9. The molecule has 0 saturated heterocycles. The second-order valence-corrected chi connectivity index (χ2v) is 9.35. The molecule has 4 rings (SSSR count). The average molecular weight is 466 g/mol. The van der Waals surface area contributed by atoms with Gasteiger partial charge in [-0.2, -0.15) is 0 Å². The van der Waals surface area contributed by atoms with E-state index in [0.29, 0.717) is 22.9 Å². The maximum Gasteiger partial charge on any atom is 0.241 e. The van der Waals surface area contributed by atoms with Gasteiger partial charge in [-0.25, -0.2) is 18.4 Å². The molecule has 2 N–H and O–H groups in total. The molecule has 0 atom stereocenters. The molecule has 0 aliphatic rings. The van der Waals surface area contributed by atoms with Gasteiger partial charge < -0.3 is 10.1 Å². The first-order chi connectivity index (χ1) is 15.8. The van der Waals surface area contributed by atoms with E-state index in [0.717, 1.165) is 11.3 Å². The number of benzene rings is 2. The quantitative estimate of drug-likeness (QED) is 0.411. The third-order valence-corrected chi connectivity index (χ3v) is 5.71. The smallest absolute Gasteiger partial charge is 0.241 e. The van der Waals surface area contributed by atoms with Crippen LogP contribution in [0.5, 0.6) is 5.75 Å². The molecule has 170 valence electrons. The fourth-order valence-corrected chi connectivity index (χ4v) is 4.14. The summed E-state index contributed by atoms with van der Waals surface area (Å²) < 4.78 is 34.5. The van der Waals surface area contributed by atoms with Crippen LogP contribution < -0.4 is 14.8 Å². The Hall–Kier alpha value is -3.92. The molecule has 0 aliphatic carbocycles. The van der Waals surface area contributed by atoms with Crippen molar-refractivity contribution in [1.82, 2.24) is 14.4 Å². The monoisotopic (exact) mass is 465 g/mol. The van der Waals surface area contributed by atoms with Gasteiger partial charge in [0.15, 0.2) is 0 Å². The van der Waals surface area contributed by atoms with E-state index < -0.39 is 21.7 Å². The average Bonchev–Trinajstić information content (AvgIpc) is 3.19. The second kappa shape index (κ2) is 9.29. The topological polar surface area (TPSA) is 115 Å². The van der Waals surface area contributed by atoms with Crippen LogP contribution in [-0.4, -0.2) is 40.6 Å². The minimum atomic E-state index is -3.88. The Balaban J connectivity index is 1.35. The number of nitrogens with one attached hydrogen (secondary N) is 2.